The highest BCUT2D eigenvalue weighted by Crippen LogP contribution is 2.39. The normalized spacial score (nSPS) is 17.4. The van der Waals surface area contributed by atoms with Crippen molar-refractivity contribution >= 4 is 17.3 Å². The zero-order valence-electron chi connectivity index (χ0n) is 13.0. The Hall–Kier alpha value is -2.55. The molecule has 1 atom stereocenters. The smallest absolute Gasteiger partial charge is 0.249 e. The predicted molar refractivity (Wildman–Crippen MR) is 92.3 cm³/mol. The molecule has 2 aromatic carbocycles. The van der Waals surface area contributed by atoms with Crippen LogP contribution in [0.4, 0.5) is 11.4 Å². The molecule has 0 N–H and O–H groups in total. The van der Waals surface area contributed by atoms with Crippen LogP contribution in [0.25, 0.3) is 11.1 Å². The van der Waals surface area contributed by atoms with Crippen LogP contribution < -0.4 is 9.80 Å². The van der Waals surface area contributed by atoms with E-state index >= 15 is 0 Å². The minimum Gasteiger partial charge on any atom is -0.362 e. The highest BCUT2D eigenvalue weighted by molar-refractivity contribution is 6.05. The molecule has 0 radical (unpaired) electrons. The van der Waals surface area contributed by atoms with Gasteiger partial charge in [-0.2, -0.15) is 0 Å². The first kappa shape index (κ1) is 14.4. The number of benzene rings is 2. The molecule has 0 spiro atoms. The number of hydrogen-bond donors (Lipinski definition) is 0. The summed E-state index contributed by atoms with van der Waals surface area (Å²) in [5.41, 5.74) is 4.25. The minimum atomic E-state index is -0.239. The first-order valence-corrected chi connectivity index (χ1v) is 7.45. The fraction of sp³-hybridized carbons (Fsp3) is 0.211. The van der Waals surface area contributed by atoms with E-state index in [2.05, 4.69) is 29.7 Å². The molecule has 0 saturated carbocycles. The van der Waals surface area contributed by atoms with E-state index in [4.69, 9.17) is 0 Å². The number of rotatable bonds is 2. The number of fused-ring (bicyclic) bond motifs is 3. The number of anilines is 2. The van der Waals surface area contributed by atoms with Gasteiger partial charge >= 0.3 is 0 Å². The number of likely N-dealkylation sites (N-methyl/N-ethyl adjacent to an activating group) is 2. The minimum absolute atomic E-state index is 0.0874. The van der Waals surface area contributed by atoms with Crippen molar-refractivity contribution in [2.75, 3.05) is 23.9 Å². The highest BCUT2D eigenvalue weighted by atomic mass is 16.2. The van der Waals surface area contributed by atoms with E-state index in [1.165, 1.54) is 0 Å². The van der Waals surface area contributed by atoms with Crippen molar-refractivity contribution in [2.45, 2.75) is 12.5 Å². The van der Waals surface area contributed by atoms with Gasteiger partial charge in [-0.15, -0.1) is 6.58 Å². The van der Waals surface area contributed by atoms with Crippen LogP contribution in [0.1, 0.15) is 6.42 Å². The quantitative estimate of drug-likeness (QED) is 0.788. The zero-order chi connectivity index (χ0) is 15.7. The molecule has 0 bridgehead atoms. The monoisotopic (exact) mass is 292 g/mol. The molecular weight excluding hydrogens is 272 g/mol. The molecule has 2 aromatic rings. The fourth-order valence-electron chi connectivity index (χ4n) is 3.10. The lowest BCUT2D eigenvalue weighted by Gasteiger charge is -2.36. The van der Waals surface area contributed by atoms with Crippen LogP contribution in [0.2, 0.25) is 0 Å². The van der Waals surface area contributed by atoms with Crippen LogP contribution in [0.5, 0.6) is 0 Å². The molecule has 0 fully saturated rings. The lowest BCUT2D eigenvalue weighted by atomic mass is 9.97. The number of carbonyl (C=O) groups excluding carboxylic acids is 1. The van der Waals surface area contributed by atoms with Crippen molar-refractivity contribution in [3.05, 3.63) is 61.2 Å². The third kappa shape index (κ3) is 2.19. The second kappa shape index (κ2) is 5.68. The van der Waals surface area contributed by atoms with Gasteiger partial charge in [0, 0.05) is 30.9 Å². The van der Waals surface area contributed by atoms with Crippen molar-refractivity contribution in [3.8, 4) is 11.1 Å². The van der Waals surface area contributed by atoms with E-state index in [0.717, 1.165) is 22.5 Å². The topological polar surface area (TPSA) is 23.6 Å². The van der Waals surface area contributed by atoms with Gasteiger partial charge < -0.3 is 9.80 Å². The van der Waals surface area contributed by atoms with Crippen LogP contribution in [0.3, 0.4) is 0 Å². The Morgan fingerprint density at radius 1 is 1.00 bits per heavy atom. The number of nitrogens with zero attached hydrogens (tertiary/aromatic N) is 2. The number of amides is 1. The molecule has 22 heavy (non-hydrogen) atoms. The van der Waals surface area contributed by atoms with E-state index in [0.29, 0.717) is 6.42 Å². The van der Waals surface area contributed by atoms with Crippen LogP contribution in [-0.4, -0.2) is 26.0 Å². The van der Waals surface area contributed by atoms with Gasteiger partial charge in [-0.05, 0) is 18.6 Å². The Balaban J connectivity index is 2.28. The predicted octanol–water partition coefficient (Wildman–Crippen LogP) is 3.71. The summed E-state index contributed by atoms with van der Waals surface area (Å²) in [4.78, 5) is 16.7. The summed E-state index contributed by atoms with van der Waals surface area (Å²) in [5.74, 6) is 0.0874. The van der Waals surface area contributed by atoms with Crippen molar-refractivity contribution in [1.29, 1.82) is 0 Å². The SMILES string of the molecule is C=CCC1C(=O)N(C)c2ccccc2-c2ccccc2N1C. The molecule has 3 rings (SSSR count). The summed E-state index contributed by atoms with van der Waals surface area (Å²) in [5, 5.41) is 0. The average molecular weight is 292 g/mol. The molecule has 1 unspecified atom stereocenters. The Kier molecular flexibility index (Phi) is 3.72. The summed E-state index contributed by atoms with van der Waals surface area (Å²) in [7, 11) is 3.83. The first-order chi connectivity index (χ1) is 10.6. The Bertz CT molecular complexity index is 723. The lowest BCUT2D eigenvalue weighted by molar-refractivity contribution is -0.119. The number of carbonyl (C=O) groups is 1. The van der Waals surface area contributed by atoms with Crippen LogP contribution >= 0.6 is 0 Å². The van der Waals surface area contributed by atoms with Gasteiger partial charge in [0.2, 0.25) is 5.91 Å². The molecule has 0 saturated heterocycles. The van der Waals surface area contributed by atoms with Crippen molar-refractivity contribution in [3.63, 3.8) is 0 Å². The second-order valence-electron chi connectivity index (χ2n) is 5.58. The molecule has 0 aliphatic carbocycles. The largest absolute Gasteiger partial charge is 0.362 e. The van der Waals surface area contributed by atoms with Crippen molar-refractivity contribution in [1.82, 2.24) is 0 Å². The zero-order valence-corrected chi connectivity index (χ0v) is 13.0. The maximum Gasteiger partial charge on any atom is 0.249 e. The summed E-state index contributed by atoms with van der Waals surface area (Å²) in [6.45, 7) is 3.81. The maximum atomic E-state index is 12.9. The van der Waals surface area contributed by atoms with Crippen LogP contribution in [-0.2, 0) is 4.79 Å². The molecule has 1 aliphatic heterocycles. The fourth-order valence-corrected chi connectivity index (χ4v) is 3.10. The molecule has 1 aliphatic rings. The molecule has 1 amide bonds. The lowest BCUT2D eigenvalue weighted by Crippen LogP contribution is -2.47. The Morgan fingerprint density at radius 2 is 1.55 bits per heavy atom. The maximum absolute atomic E-state index is 12.9. The van der Waals surface area contributed by atoms with E-state index in [1.807, 2.05) is 50.5 Å². The van der Waals surface area contributed by atoms with Gasteiger partial charge in [-0.1, -0.05) is 42.5 Å². The van der Waals surface area contributed by atoms with Crippen molar-refractivity contribution in [2.24, 2.45) is 0 Å². The standard InChI is InChI=1S/C19H20N2O/c1-4-9-18-19(22)21(3)17-13-8-6-11-15(17)14-10-5-7-12-16(14)20(18)2/h4-8,10-13,18H,1,9H2,2-3H3. The second-order valence-corrected chi connectivity index (χ2v) is 5.58. The summed E-state index contributed by atoms with van der Waals surface area (Å²) in [6.07, 6.45) is 2.43. The van der Waals surface area contributed by atoms with Gasteiger partial charge in [-0.3, -0.25) is 4.79 Å². The number of para-hydroxylation sites is 2. The van der Waals surface area contributed by atoms with E-state index < -0.39 is 0 Å². The Labute approximate surface area is 131 Å². The average Bonchev–Trinajstić information content (AvgIpc) is 2.57. The third-order valence-corrected chi connectivity index (χ3v) is 4.31. The van der Waals surface area contributed by atoms with E-state index in [1.54, 1.807) is 4.90 Å². The van der Waals surface area contributed by atoms with Crippen LogP contribution in [0, 0.1) is 0 Å². The first-order valence-electron chi connectivity index (χ1n) is 7.45. The molecular formula is C19H20N2O. The van der Waals surface area contributed by atoms with Crippen molar-refractivity contribution < 1.29 is 4.79 Å². The third-order valence-electron chi connectivity index (χ3n) is 4.31. The summed E-state index contributed by atoms with van der Waals surface area (Å²) in [6, 6.07) is 16.0. The molecule has 0 aromatic heterocycles. The van der Waals surface area contributed by atoms with E-state index in [-0.39, 0.29) is 11.9 Å². The number of hydrogen-bond acceptors (Lipinski definition) is 2. The van der Waals surface area contributed by atoms with Gasteiger partial charge in [0.05, 0.1) is 5.69 Å². The van der Waals surface area contributed by atoms with Gasteiger partial charge in [0.1, 0.15) is 6.04 Å². The molecule has 1 heterocycles. The molecule has 112 valence electrons. The summed E-state index contributed by atoms with van der Waals surface area (Å²) < 4.78 is 0. The van der Waals surface area contributed by atoms with Gasteiger partial charge in [0.15, 0.2) is 0 Å². The van der Waals surface area contributed by atoms with Gasteiger partial charge in [-0.25, -0.2) is 0 Å². The van der Waals surface area contributed by atoms with Crippen LogP contribution in [0.15, 0.2) is 61.2 Å². The highest BCUT2D eigenvalue weighted by Gasteiger charge is 2.31. The van der Waals surface area contributed by atoms with E-state index in [9.17, 15) is 4.79 Å². The van der Waals surface area contributed by atoms with Gasteiger partial charge in [0.25, 0.3) is 0 Å². The molecule has 3 heteroatoms. The molecule has 3 nitrogen and oxygen atoms in total. The Morgan fingerprint density at radius 3 is 2.18 bits per heavy atom. The summed E-state index contributed by atoms with van der Waals surface area (Å²) >= 11 is 0.